The minimum atomic E-state index is -4.05. The molecular formula is C10H13KN4O4S. The fourth-order valence-corrected chi connectivity index (χ4v) is 1.87. The summed E-state index contributed by atoms with van der Waals surface area (Å²) in [7, 11) is 0.408. The summed E-state index contributed by atoms with van der Waals surface area (Å²) in [5.41, 5.74) is 0.478. The van der Waals surface area contributed by atoms with E-state index >= 15 is 0 Å². The molecule has 0 saturated carbocycles. The van der Waals surface area contributed by atoms with Crippen LogP contribution in [0, 0.1) is 0 Å². The molecule has 0 aromatic heterocycles. The van der Waals surface area contributed by atoms with Gasteiger partial charge in [0.25, 0.3) is 0 Å². The molecule has 0 spiro atoms. The molecule has 0 saturated heterocycles. The zero-order chi connectivity index (χ0) is 14.5. The van der Waals surface area contributed by atoms with Crippen LogP contribution in [0.1, 0.15) is 0 Å². The molecule has 1 aromatic rings. The molecule has 1 rings (SSSR count). The van der Waals surface area contributed by atoms with Crippen LogP contribution in [-0.2, 0) is 14.8 Å². The number of amides is 1. The van der Waals surface area contributed by atoms with Gasteiger partial charge in [-0.1, -0.05) is 5.22 Å². The second-order valence-electron chi connectivity index (χ2n) is 3.57. The second-order valence-corrected chi connectivity index (χ2v) is 5.17. The Kier molecular flexibility index (Phi) is 8.47. The maximum absolute atomic E-state index is 11.6. The standard InChI is InChI=1S/C10H14N4O4S.K/c1-14(2)13-11-8-4-6-9(7-5-8)19(16,17)12-10(15)18-3;/h4-7H,1-3H3,(H,12,15);/q;+1/p-1. The number of hydrogen-bond donors (Lipinski definition) is 0. The van der Waals surface area contributed by atoms with Crippen molar-refractivity contribution in [2.24, 2.45) is 10.3 Å². The van der Waals surface area contributed by atoms with Crippen molar-refractivity contribution in [3.05, 3.63) is 29.0 Å². The zero-order valence-electron chi connectivity index (χ0n) is 11.6. The van der Waals surface area contributed by atoms with Crippen molar-refractivity contribution in [1.82, 2.24) is 5.01 Å². The van der Waals surface area contributed by atoms with Gasteiger partial charge in [0.15, 0.2) is 0 Å². The van der Waals surface area contributed by atoms with E-state index in [4.69, 9.17) is 0 Å². The van der Waals surface area contributed by atoms with Gasteiger partial charge >= 0.3 is 51.4 Å². The summed E-state index contributed by atoms with van der Waals surface area (Å²) in [6.07, 6.45) is -1.17. The fourth-order valence-electron chi connectivity index (χ4n) is 1.01. The van der Waals surface area contributed by atoms with E-state index in [2.05, 4.69) is 19.8 Å². The number of nitrogens with zero attached hydrogens (tertiary/aromatic N) is 4. The summed E-state index contributed by atoms with van der Waals surface area (Å²) in [6.45, 7) is 0. The minimum Gasteiger partial charge on any atom is -0.506 e. The van der Waals surface area contributed by atoms with Crippen LogP contribution in [0.25, 0.3) is 4.72 Å². The number of carbonyl (C=O) groups is 1. The monoisotopic (exact) mass is 324 g/mol. The molecule has 0 aliphatic carbocycles. The topological polar surface area (TPSA) is 102 Å². The Morgan fingerprint density at radius 3 is 2.25 bits per heavy atom. The molecule has 20 heavy (non-hydrogen) atoms. The van der Waals surface area contributed by atoms with Crippen LogP contribution in [0.4, 0.5) is 10.5 Å². The maximum Gasteiger partial charge on any atom is 1.00 e. The predicted octanol–water partition coefficient (Wildman–Crippen LogP) is -0.920. The first-order valence-corrected chi connectivity index (χ1v) is 6.54. The molecule has 0 heterocycles. The van der Waals surface area contributed by atoms with Gasteiger partial charge in [0.05, 0.1) is 17.7 Å². The van der Waals surface area contributed by atoms with E-state index in [1.54, 1.807) is 14.1 Å². The minimum absolute atomic E-state index is 0. The van der Waals surface area contributed by atoms with Crippen molar-refractivity contribution in [2.45, 2.75) is 4.90 Å². The van der Waals surface area contributed by atoms with E-state index in [0.717, 1.165) is 7.11 Å². The van der Waals surface area contributed by atoms with E-state index < -0.39 is 16.1 Å². The average molecular weight is 324 g/mol. The first-order valence-electron chi connectivity index (χ1n) is 5.10. The molecule has 0 fully saturated rings. The van der Waals surface area contributed by atoms with Gasteiger partial charge < -0.3 is 9.46 Å². The molecule has 0 aliphatic rings. The summed E-state index contributed by atoms with van der Waals surface area (Å²) in [5, 5.41) is 9.10. The normalized spacial score (nSPS) is 10.8. The van der Waals surface area contributed by atoms with Gasteiger partial charge in [-0.2, -0.15) is 0 Å². The van der Waals surface area contributed by atoms with Crippen LogP contribution >= 0.6 is 0 Å². The number of methoxy groups -OCH3 is 1. The Hall–Kier alpha value is -0.524. The maximum atomic E-state index is 11.6. The number of hydrogen-bond acceptors (Lipinski definition) is 6. The van der Waals surface area contributed by atoms with Gasteiger partial charge in [0.2, 0.25) is 6.09 Å². The van der Waals surface area contributed by atoms with Crippen LogP contribution in [0.3, 0.4) is 0 Å². The average Bonchev–Trinajstić information content (AvgIpc) is 2.36. The van der Waals surface area contributed by atoms with Gasteiger partial charge in [-0.3, -0.25) is 9.80 Å². The molecule has 0 aliphatic heterocycles. The summed E-state index contributed by atoms with van der Waals surface area (Å²) < 4.78 is 30.4. The SMILES string of the molecule is COC(=O)[N-]S(=O)(=O)c1ccc(N=NN(C)C)cc1.[K+]. The molecule has 10 heteroatoms. The van der Waals surface area contributed by atoms with Crippen LogP contribution in [0.2, 0.25) is 0 Å². The third-order valence-electron chi connectivity index (χ3n) is 1.84. The molecule has 0 atom stereocenters. The van der Waals surface area contributed by atoms with Crippen LogP contribution in [0.15, 0.2) is 39.5 Å². The summed E-state index contributed by atoms with van der Waals surface area (Å²) in [6, 6.07) is 5.47. The van der Waals surface area contributed by atoms with Crippen LogP contribution in [0.5, 0.6) is 0 Å². The molecular weight excluding hydrogens is 311 g/mol. The number of benzene rings is 1. The Morgan fingerprint density at radius 2 is 1.80 bits per heavy atom. The summed E-state index contributed by atoms with van der Waals surface area (Å²) >= 11 is 0. The molecule has 0 unspecified atom stereocenters. The van der Waals surface area contributed by atoms with E-state index in [9.17, 15) is 13.2 Å². The number of rotatable bonds is 4. The molecule has 1 aromatic carbocycles. The van der Waals surface area contributed by atoms with Crippen molar-refractivity contribution < 1.29 is 69.3 Å². The summed E-state index contributed by atoms with van der Waals surface area (Å²) in [5.74, 6) is 0. The largest absolute Gasteiger partial charge is 1.00 e. The zero-order valence-corrected chi connectivity index (χ0v) is 15.6. The van der Waals surface area contributed by atoms with E-state index in [1.807, 2.05) is 0 Å². The van der Waals surface area contributed by atoms with Crippen molar-refractivity contribution in [3.63, 3.8) is 0 Å². The van der Waals surface area contributed by atoms with Crippen molar-refractivity contribution in [2.75, 3.05) is 21.2 Å². The smallest absolute Gasteiger partial charge is 0.506 e. The quantitative estimate of drug-likeness (QED) is 0.405. The number of ether oxygens (including phenoxy) is 1. The molecule has 8 nitrogen and oxygen atoms in total. The fraction of sp³-hybridized carbons (Fsp3) is 0.300. The van der Waals surface area contributed by atoms with Crippen molar-refractivity contribution >= 4 is 21.8 Å². The molecule has 0 radical (unpaired) electrons. The van der Waals surface area contributed by atoms with Gasteiger partial charge in [0, 0.05) is 14.1 Å². The van der Waals surface area contributed by atoms with E-state index in [1.165, 1.54) is 29.3 Å². The molecule has 0 bridgehead atoms. The first kappa shape index (κ1) is 19.5. The van der Waals surface area contributed by atoms with Crippen LogP contribution in [-0.4, -0.2) is 40.7 Å². The summed E-state index contributed by atoms with van der Waals surface area (Å²) in [4.78, 5) is 10.7. The number of sulfonamides is 1. The predicted molar refractivity (Wildman–Crippen MR) is 67.6 cm³/mol. The van der Waals surface area contributed by atoms with Gasteiger partial charge in [-0.05, 0) is 24.3 Å². The van der Waals surface area contributed by atoms with Crippen molar-refractivity contribution in [1.29, 1.82) is 0 Å². The van der Waals surface area contributed by atoms with Gasteiger partial charge in [-0.15, -0.1) is 5.11 Å². The van der Waals surface area contributed by atoms with E-state index in [-0.39, 0.29) is 56.3 Å². The van der Waals surface area contributed by atoms with Crippen molar-refractivity contribution in [3.8, 4) is 0 Å². The third-order valence-corrected chi connectivity index (χ3v) is 3.10. The number of carbonyl (C=O) groups excluding carboxylic acids is 1. The van der Waals surface area contributed by atoms with Crippen LogP contribution < -0.4 is 51.4 Å². The Balaban J connectivity index is 0.00000361. The Bertz CT molecular complexity index is 571. The third kappa shape index (κ3) is 6.28. The Morgan fingerprint density at radius 1 is 1.25 bits per heavy atom. The van der Waals surface area contributed by atoms with Gasteiger partial charge in [0.1, 0.15) is 10.0 Å². The second kappa shape index (κ2) is 8.69. The molecule has 104 valence electrons. The van der Waals surface area contributed by atoms with Gasteiger partial charge in [-0.25, -0.2) is 8.42 Å². The van der Waals surface area contributed by atoms with E-state index in [0.29, 0.717) is 5.69 Å². The first-order chi connectivity index (χ1) is 8.85. The Labute approximate surface area is 160 Å². The molecule has 0 N–H and O–H groups in total. The molecule has 1 amide bonds.